The van der Waals surface area contributed by atoms with Crippen LogP contribution in [0.4, 0.5) is 0 Å². The van der Waals surface area contributed by atoms with Gasteiger partial charge in [-0.25, -0.2) is 4.79 Å². The van der Waals surface area contributed by atoms with E-state index in [0.717, 1.165) is 19.3 Å². The number of likely N-dealkylation sites (tertiary alicyclic amines) is 1. The van der Waals surface area contributed by atoms with Crippen molar-refractivity contribution in [2.24, 2.45) is 11.8 Å². The van der Waals surface area contributed by atoms with Crippen LogP contribution in [0.1, 0.15) is 41.0 Å². The Labute approximate surface area is 117 Å². The second kappa shape index (κ2) is 4.61. The van der Waals surface area contributed by atoms with Gasteiger partial charge in [-0.3, -0.25) is 9.89 Å². The highest BCUT2D eigenvalue weighted by molar-refractivity contribution is 5.98. The second-order valence-electron chi connectivity index (χ2n) is 5.90. The van der Waals surface area contributed by atoms with E-state index < -0.39 is 12.0 Å². The summed E-state index contributed by atoms with van der Waals surface area (Å²) in [5.41, 5.74) is 1.86. The van der Waals surface area contributed by atoms with E-state index in [2.05, 4.69) is 10.2 Å². The number of nitrogens with one attached hydrogen (secondary N) is 1. The van der Waals surface area contributed by atoms with Crippen LogP contribution in [-0.2, 0) is 4.79 Å². The standard InChI is InChI=1S/C14H19N3O3/c1-7-11(8(2)16-15-7)13(18)17-6-9-4-3-5-10(9)12(17)14(19)20/h9-10,12H,3-6H2,1-2H3,(H,15,16)(H,19,20). The number of hydrogen-bond acceptors (Lipinski definition) is 3. The van der Waals surface area contributed by atoms with E-state index in [1.165, 1.54) is 0 Å². The van der Waals surface area contributed by atoms with Crippen LogP contribution in [-0.4, -0.2) is 44.7 Å². The van der Waals surface area contributed by atoms with Crippen LogP contribution in [0.2, 0.25) is 0 Å². The number of aryl methyl sites for hydroxylation is 2. The summed E-state index contributed by atoms with van der Waals surface area (Å²) in [6, 6.07) is -0.677. The Bertz CT molecular complexity index is 547. The molecule has 3 unspecified atom stereocenters. The fourth-order valence-corrected chi connectivity index (χ4v) is 3.84. The summed E-state index contributed by atoms with van der Waals surface area (Å²) < 4.78 is 0. The lowest BCUT2D eigenvalue weighted by molar-refractivity contribution is -0.142. The van der Waals surface area contributed by atoms with Gasteiger partial charge in [0.1, 0.15) is 6.04 Å². The van der Waals surface area contributed by atoms with Crippen molar-refractivity contribution in [3.05, 3.63) is 17.0 Å². The molecule has 2 fully saturated rings. The number of carbonyl (C=O) groups is 2. The number of nitrogens with zero attached hydrogens (tertiary/aromatic N) is 2. The van der Waals surface area contributed by atoms with Crippen LogP contribution in [0.3, 0.4) is 0 Å². The fourth-order valence-electron chi connectivity index (χ4n) is 3.84. The number of hydrogen-bond donors (Lipinski definition) is 2. The Morgan fingerprint density at radius 2 is 2.10 bits per heavy atom. The Kier molecular flexibility index (Phi) is 3.03. The summed E-state index contributed by atoms with van der Waals surface area (Å²) >= 11 is 0. The average molecular weight is 277 g/mol. The lowest BCUT2D eigenvalue weighted by Gasteiger charge is -2.24. The molecule has 3 rings (SSSR count). The minimum absolute atomic E-state index is 0.115. The minimum Gasteiger partial charge on any atom is -0.480 e. The molecule has 1 aromatic rings. The van der Waals surface area contributed by atoms with Crippen molar-refractivity contribution in [1.82, 2.24) is 15.1 Å². The van der Waals surface area contributed by atoms with Crippen LogP contribution >= 0.6 is 0 Å². The zero-order chi connectivity index (χ0) is 14.4. The molecule has 0 bridgehead atoms. The third kappa shape index (κ3) is 1.82. The minimum atomic E-state index is -0.883. The van der Waals surface area contributed by atoms with Gasteiger partial charge in [-0.15, -0.1) is 0 Å². The number of amides is 1. The number of fused-ring (bicyclic) bond motifs is 1. The topological polar surface area (TPSA) is 86.3 Å². The van der Waals surface area contributed by atoms with Crippen molar-refractivity contribution in [1.29, 1.82) is 0 Å². The number of rotatable bonds is 2. The normalized spacial score (nSPS) is 28.7. The smallest absolute Gasteiger partial charge is 0.326 e. The van der Waals surface area contributed by atoms with Crippen LogP contribution < -0.4 is 0 Å². The van der Waals surface area contributed by atoms with Crippen molar-refractivity contribution in [2.45, 2.75) is 39.2 Å². The van der Waals surface area contributed by atoms with Gasteiger partial charge in [0.05, 0.1) is 11.3 Å². The Morgan fingerprint density at radius 1 is 1.35 bits per heavy atom. The van der Waals surface area contributed by atoms with Crippen molar-refractivity contribution in [2.75, 3.05) is 6.54 Å². The first-order valence-corrected chi connectivity index (χ1v) is 7.06. The van der Waals surface area contributed by atoms with E-state index in [9.17, 15) is 14.7 Å². The zero-order valence-corrected chi connectivity index (χ0v) is 11.7. The predicted octanol–water partition coefficient (Wildman–Crippen LogP) is 1.35. The number of aliphatic carboxylic acids is 1. The molecular formula is C14H19N3O3. The maximum absolute atomic E-state index is 12.7. The van der Waals surface area contributed by atoms with Gasteiger partial charge >= 0.3 is 5.97 Å². The third-order valence-corrected chi connectivity index (χ3v) is 4.75. The van der Waals surface area contributed by atoms with E-state index in [4.69, 9.17) is 0 Å². The van der Waals surface area contributed by atoms with E-state index in [-0.39, 0.29) is 11.8 Å². The van der Waals surface area contributed by atoms with E-state index in [1.54, 1.807) is 18.7 Å². The number of aromatic nitrogens is 2. The van der Waals surface area contributed by atoms with Gasteiger partial charge in [0.2, 0.25) is 0 Å². The molecule has 1 saturated heterocycles. The van der Waals surface area contributed by atoms with E-state index >= 15 is 0 Å². The highest BCUT2D eigenvalue weighted by Crippen LogP contribution is 2.42. The van der Waals surface area contributed by atoms with Gasteiger partial charge in [-0.2, -0.15) is 5.10 Å². The maximum atomic E-state index is 12.7. The molecule has 3 atom stereocenters. The van der Waals surface area contributed by atoms with Crippen LogP contribution in [0, 0.1) is 25.7 Å². The molecule has 0 spiro atoms. The maximum Gasteiger partial charge on any atom is 0.326 e. The lowest BCUT2D eigenvalue weighted by atomic mass is 9.94. The summed E-state index contributed by atoms with van der Waals surface area (Å²) in [5, 5.41) is 16.3. The molecule has 2 N–H and O–H groups in total. The number of carbonyl (C=O) groups excluding carboxylic acids is 1. The lowest BCUT2D eigenvalue weighted by Crippen LogP contribution is -2.43. The van der Waals surface area contributed by atoms with Crippen molar-refractivity contribution < 1.29 is 14.7 Å². The molecule has 1 aliphatic carbocycles. The van der Waals surface area contributed by atoms with Gasteiger partial charge in [-0.05, 0) is 38.5 Å². The van der Waals surface area contributed by atoms with Gasteiger partial charge in [0.15, 0.2) is 0 Å². The predicted molar refractivity (Wildman–Crippen MR) is 71.4 cm³/mol. The summed E-state index contributed by atoms with van der Waals surface area (Å²) in [4.78, 5) is 25.8. The molecule has 1 saturated carbocycles. The number of carboxylic acids is 1. The number of aromatic amines is 1. The average Bonchev–Trinajstić information content (AvgIpc) is 3.02. The second-order valence-corrected chi connectivity index (χ2v) is 5.90. The van der Waals surface area contributed by atoms with E-state index in [1.807, 2.05) is 0 Å². The molecule has 6 nitrogen and oxygen atoms in total. The van der Waals surface area contributed by atoms with Gasteiger partial charge in [-0.1, -0.05) is 6.42 Å². The summed E-state index contributed by atoms with van der Waals surface area (Å²) in [6.45, 7) is 4.12. The Balaban J connectivity index is 1.93. The van der Waals surface area contributed by atoms with E-state index in [0.29, 0.717) is 29.4 Å². The molecule has 1 amide bonds. The molecule has 20 heavy (non-hydrogen) atoms. The zero-order valence-electron chi connectivity index (χ0n) is 11.7. The van der Waals surface area contributed by atoms with Gasteiger partial charge in [0, 0.05) is 12.2 Å². The van der Waals surface area contributed by atoms with Crippen molar-refractivity contribution in [3.8, 4) is 0 Å². The molecule has 1 aromatic heterocycles. The first kappa shape index (κ1) is 13.1. The summed E-state index contributed by atoms with van der Waals surface area (Å²) in [7, 11) is 0. The van der Waals surface area contributed by atoms with Crippen molar-refractivity contribution in [3.63, 3.8) is 0 Å². The highest BCUT2D eigenvalue weighted by Gasteiger charge is 2.50. The SMILES string of the molecule is Cc1n[nH]c(C)c1C(=O)N1CC2CCCC2C1C(=O)O. The molecule has 0 aromatic carbocycles. The number of carboxylic acid groups (broad SMARTS) is 1. The molecule has 1 aliphatic heterocycles. The molecule has 108 valence electrons. The first-order valence-electron chi connectivity index (χ1n) is 7.06. The van der Waals surface area contributed by atoms with Crippen LogP contribution in [0.15, 0.2) is 0 Å². The summed E-state index contributed by atoms with van der Waals surface area (Å²) in [6.07, 6.45) is 3.02. The van der Waals surface area contributed by atoms with Crippen molar-refractivity contribution >= 4 is 11.9 Å². The monoisotopic (exact) mass is 277 g/mol. The fraction of sp³-hybridized carbons (Fsp3) is 0.643. The first-order chi connectivity index (χ1) is 9.50. The van der Waals surface area contributed by atoms with Crippen LogP contribution in [0.25, 0.3) is 0 Å². The molecule has 2 heterocycles. The molecule has 2 aliphatic rings. The Hall–Kier alpha value is -1.85. The quantitative estimate of drug-likeness (QED) is 0.854. The molecule has 6 heteroatoms. The summed E-state index contributed by atoms with van der Waals surface area (Å²) in [5.74, 6) is -0.626. The van der Waals surface area contributed by atoms with Gasteiger partial charge < -0.3 is 10.0 Å². The molecule has 0 radical (unpaired) electrons. The number of H-pyrrole nitrogens is 1. The third-order valence-electron chi connectivity index (χ3n) is 4.75. The largest absolute Gasteiger partial charge is 0.480 e. The van der Waals surface area contributed by atoms with Crippen LogP contribution in [0.5, 0.6) is 0 Å². The molecular weight excluding hydrogens is 258 g/mol. The van der Waals surface area contributed by atoms with Gasteiger partial charge in [0.25, 0.3) is 5.91 Å². The Morgan fingerprint density at radius 3 is 2.70 bits per heavy atom. The highest BCUT2D eigenvalue weighted by atomic mass is 16.4.